The summed E-state index contributed by atoms with van der Waals surface area (Å²) >= 11 is 0. The van der Waals surface area contributed by atoms with Crippen LogP contribution in [0.15, 0.2) is 121 Å². The van der Waals surface area contributed by atoms with Gasteiger partial charge in [-0.2, -0.15) is 0 Å². The molecule has 3 aromatic carbocycles. The highest BCUT2D eigenvalue weighted by Crippen LogP contribution is 2.72. The molecule has 3 aromatic rings. The van der Waals surface area contributed by atoms with Crippen LogP contribution in [0.4, 0.5) is 0 Å². The van der Waals surface area contributed by atoms with Crippen molar-refractivity contribution in [3.8, 4) is 11.5 Å². The number of carbonyl (C=O) groups excluding carboxylic acids is 2. The SMILES string of the molecule is CN[C@H]1C=C[C@H]2C[C@@]3(C[C@H]12)[C@H](NC[C@H](C)O)C[C@@]1(C[C@H]2[C@H]4CCNC[C@H]4C[C@@H]4C=CCN[C@@H]24)C[C@@H](CC(=O)CC(=O)/C=C(\CO)c2cc(OC)c(O)cc2CC2=CNC(N)C=C2CCc2cccc(CCc4ccccc4)c2)CC[C@@H]13. The van der Waals surface area contributed by atoms with Gasteiger partial charge in [0.15, 0.2) is 17.3 Å². The zero-order valence-corrected chi connectivity index (χ0v) is 48.4. The Morgan fingerprint density at radius 3 is 2.49 bits per heavy atom. The first-order valence-electron chi connectivity index (χ1n) is 31.0. The lowest BCUT2D eigenvalue weighted by molar-refractivity contribution is -0.126. The molecule has 15 atom stereocenters. The number of carbonyl (C=O) groups is 2. The Morgan fingerprint density at radius 2 is 1.70 bits per heavy atom. The van der Waals surface area contributed by atoms with Crippen LogP contribution in [0.3, 0.4) is 0 Å². The highest BCUT2D eigenvalue weighted by Gasteiger charge is 2.67. The standard InChI is InChI=1S/C69H92N6O6/c1-43(77)39-74-65-38-68(36-60-57-22-24-72-40-53(57)27-49-13-8-23-73-67(49)60)34-47(17-21-64(68)69(65)35-50-19-20-61(71-2)59(50)37-69)26-55(78)32-56(79)29-54(42-76)58-33-63(81-3)62(80)30-51(58)28-52-41-75-66(70)31-48(52)18-16-46-12-7-11-45(25-46)15-14-44-9-5-4-6-10-44/h4-13,19-20,25,29-31,33,41,43,47,49-50,53,57,59-61,64-67,71-77,80H,14-18,21-24,26-28,32,34-40,42,70H2,1-3H3/b54-29+/t43-,47+,49-,50-,53+,57-,59-,60-,61-,64-,65+,66?,67+,68-,69-/m0/s1. The fourth-order valence-corrected chi connectivity index (χ4v) is 18.0. The quantitative estimate of drug-likeness (QED) is 0.0266. The molecule has 0 aromatic heterocycles. The number of nitrogens with two attached hydrogens (primary N) is 1. The molecule has 11 rings (SSSR count). The van der Waals surface area contributed by atoms with Gasteiger partial charge < -0.3 is 52.4 Å². The molecule has 10 N–H and O–H groups in total. The Bertz CT molecular complexity index is 2880. The van der Waals surface area contributed by atoms with Crippen molar-refractivity contribution in [2.24, 2.45) is 63.9 Å². The molecule has 1 saturated heterocycles. The van der Waals surface area contributed by atoms with E-state index in [1.165, 1.54) is 55.6 Å². The van der Waals surface area contributed by atoms with E-state index in [9.17, 15) is 24.9 Å². The van der Waals surface area contributed by atoms with Gasteiger partial charge in [-0.1, -0.05) is 78.9 Å². The molecule has 12 heteroatoms. The van der Waals surface area contributed by atoms with Crippen molar-refractivity contribution >= 4 is 17.1 Å². The largest absolute Gasteiger partial charge is 0.504 e. The van der Waals surface area contributed by atoms with Gasteiger partial charge in [0.2, 0.25) is 0 Å². The smallest absolute Gasteiger partial charge is 0.163 e. The van der Waals surface area contributed by atoms with Crippen molar-refractivity contribution < 1.29 is 29.6 Å². The number of piperidine rings is 1. The van der Waals surface area contributed by atoms with Gasteiger partial charge in [-0.3, -0.25) is 9.59 Å². The number of Topliss-reactive ketones (excluding diaryl/α,β-unsaturated/α-hetero) is 1. The summed E-state index contributed by atoms with van der Waals surface area (Å²) in [5.74, 6) is 3.93. The molecule has 12 nitrogen and oxygen atoms in total. The Hall–Kier alpha value is -5.18. The highest BCUT2D eigenvalue weighted by molar-refractivity contribution is 6.07. The van der Waals surface area contributed by atoms with Gasteiger partial charge in [-0.05, 0) is 244 Å². The Labute approximate surface area is 482 Å². The van der Waals surface area contributed by atoms with Crippen LogP contribution in [0, 0.1) is 58.2 Å². The number of hydrogen-bond donors (Lipinski definition) is 9. The molecule has 0 amide bonds. The number of ether oxygens (including phenoxy) is 1. The molecule has 8 aliphatic rings. The first kappa shape index (κ1) is 57.6. The molecule has 1 unspecified atom stereocenters. The predicted octanol–water partition coefficient (Wildman–Crippen LogP) is 8.45. The number of hydrogen-bond acceptors (Lipinski definition) is 12. The van der Waals surface area contributed by atoms with Crippen molar-refractivity contribution in [2.45, 2.75) is 140 Å². The highest BCUT2D eigenvalue weighted by atomic mass is 16.5. The van der Waals surface area contributed by atoms with Crippen LogP contribution in [0.5, 0.6) is 11.5 Å². The second kappa shape index (κ2) is 25.4. The molecular weight excluding hydrogens is 1010 g/mol. The minimum Gasteiger partial charge on any atom is -0.504 e. The van der Waals surface area contributed by atoms with Crippen molar-refractivity contribution in [2.75, 3.05) is 46.9 Å². The van der Waals surface area contributed by atoms with Crippen LogP contribution >= 0.6 is 0 Å². The molecular formula is C69H92N6O6. The summed E-state index contributed by atoms with van der Waals surface area (Å²) in [6.45, 7) is 5.11. The molecule has 0 radical (unpaired) electrons. The monoisotopic (exact) mass is 1100 g/mol. The van der Waals surface area contributed by atoms with Gasteiger partial charge in [-0.15, -0.1) is 0 Å². The molecule has 0 bridgehead atoms. The molecule has 5 fully saturated rings. The number of nitrogens with one attached hydrogen (secondary N) is 5. The number of dihydropyridines is 1. The van der Waals surface area contributed by atoms with Gasteiger partial charge in [-0.25, -0.2) is 0 Å². The summed E-state index contributed by atoms with van der Waals surface area (Å²) in [5, 5.41) is 51.8. The number of benzene rings is 3. The van der Waals surface area contributed by atoms with E-state index in [1.54, 1.807) is 12.1 Å². The summed E-state index contributed by atoms with van der Waals surface area (Å²) in [6.07, 6.45) is 28.4. The maximum Gasteiger partial charge on any atom is 0.163 e. The third-order valence-electron chi connectivity index (χ3n) is 21.3. The number of ketones is 2. The Balaban J connectivity index is 0.812. The van der Waals surface area contributed by atoms with E-state index in [2.05, 4.69) is 119 Å². The maximum absolute atomic E-state index is 14.5. The van der Waals surface area contributed by atoms with Crippen molar-refractivity contribution in [3.63, 3.8) is 0 Å². The number of allylic oxidation sites excluding steroid dienone is 4. The molecule has 3 heterocycles. The number of fused-ring (bicyclic) bond motifs is 5. The normalized spacial score (nSPS) is 33.4. The van der Waals surface area contributed by atoms with E-state index in [-0.39, 0.29) is 58.4 Å². The fourth-order valence-electron chi connectivity index (χ4n) is 18.0. The number of rotatable bonds is 22. The van der Waals surface area contributed by atoms with E-state index >= 15 is 0 Å². The lowest BCUT2D eigenvalue weighted by Gasteiger charge is -2.55. The van der Waals surface area contributed by atoms with Crippen LogP contribution in [0.2, 0.25) is 0 Å². The summed E-state index contributed by atoms with van der Waals surface area (Å²) in [4.78, 5) is 28.8. The average Bonchev–Trinajstić information content (AvgIpc) is 2.38. The molecule has 434 valence electrons. The van der Waals surface area contributed by atoms with Crippen LogP contribution in [-0.4, -0.2) is 104 Å². The number of aryl methyl sites for hydroxylation is 3. The zero-order valence-electron chi connectivity index (χ0n) is 48.4. The maximum atomic E-state index is 14.5. The van der Waals surface area contributed by atoms with Gasteiger partial charge in [0.05, 0.1) is 32.4 Å². The lowest BCUT2D eigenvalue weighted by Crippen LogP contribution is -2.57. The summed E-state index contributed by atoms with van der Waals surface area (Å²) in [6, 6.07) is 23.8. The third kappa shape index (κ3) is 12.5. The van der Waals surface area contributed by atoms with E-state index in [1.807, 2.05) is 13.1 Å². The number of aliphatic hydroxyl groups is 2. The van der Waals surface area contributed by atoms with Crippen LogP contribution < -0.4 is 37.1 Å². The number of aliphatic hydroxyl groups excluding tert-OH is 2. The minimum absolute atomic E-state index is 0.0152. The molecule has 3 aliphatic heterocycles. The van der Waals surface area contributed by atoms with Crippen LogP contribution in [0.25, 0.3) is 5.57 Å². The van der Waals surface area contributed by atoms with Crippen molar-refractivity contribution in [1.29, 1.82) is 0 Å². The molecule has 81 heavy (non-hydrogen) atoms. The number of likely N-dealkylation sites (N-methyl/N-ethyl adjacent to an activating group) is 1. The van der Waals surface area contributed by atoms with Gasteiger partial charge in [0.1, 0.15) is 5.78 Å². The Kier molecular flexibility index (Phi) is 18.0. The first-order chi connectivity index (χ1) is 39.3. The average molecular weight is 1100 g/mol. The predicted molar refractivity (Wildman–Crippen MR) is 322 cm³/mol. The van der Waals surface area contributed by atoms with E-state index in [0.717, 1.165) is 88.6 Å². The van der Waals surface area contributed by atoms with Gasteiger partial charge in [0, 0.05) is 43.8 Å². The first-order valence-corrected chi connectivity index (χ1v) is 31.0. The minimum atomic E-state index is -0.443. The van der Waals surface area contributed by atoms with E-state index in [0.29, 0.717) is 89.6 Å². The lowest BCUT2D eigenvalue weighted by atomic mass is 9.52. The zero-order chi connectivity index (χ0) is 56.3. The van der Waals surface area contributed by atoms with Crippen LogP contribution in [0.1, 0.15) is 112 Å². The summed E-state index contributed by atoms with van der Waals surface area (Å²) in [5.41, 5.74) is 14.2. The van der Waals surface area contributed by atoms with Gasteiger partial charge >= 0.3 is 0 Å². The number of phenols is 1. The summed E-state index contributed by atoms with van der Waals surface area (Å²) < 4.78 is 5.60. The fraction of sp³-hybridized carbons (Fsp3) is 0.565. The van der Waals surface area contributed by atoms with E-state index < -0.39 is 12.7 Å². The van der Waals surface area contributed by atoms with Crippen molar-refractivity contribution in [1.82, 2.24) is 26.6 Å². The number of phenolic OH excluding ortho intramolecular Hbond substituents is 1. The number of aromatic hydroxyl groups is 1. The molecule has 5 aliphatic carbocycles. The Morgan fingerprint density at radius 1 is 0.901 bits per heavy atom. The molecule has 1 spiro atoms. The van der Waals surface area contributed by atoms with Crippen LogP contribution in [-0.2, 0) is 35.3 Å². The van der Waals surface area contributed by atoms with Gasteiger partial charge in [0.25, 0.3) is 0 Å². The topological polar surface area (TPSA) is 190 Å². The molecule has 4 saturated carbocycles. The van der Waals surface area contributed by atoms with Crippen molar-refractivity contribution in [3.05, 3.63) is 148 Å². The number of methoxy groups -OCH3 is 1. The van der Waals surface area contributed by atoms with E-state index in [4.69, 9.17) is 10.5 Å². The summed E-state index contributed by atoms with van der Waals surface area (Å²) in [7, 11) is 3.59. The second-order valence-electron chi connectivity index (χ2n) is 26.2. The third-order valence-corrected chi connectivity index (χ3v) is 21.3. The second-order valence-corrected chi connectivity index (χ2v) is 26.2.